The van der Waals surface area contributed by atoms with Crippen LogP contribution < -0.4 is 10.1 Å². The molecular weight excluding hydrogens is 214 g/mol. The second kappa shape index (κ2) is 5.00. The number of ether oxygens (including phenoxy) is 1. The molecule has 0 bridgehead atoms. The minimum atomic E-state index is -0.0124. The van der Waals surface area contributed by atoms with Gasteiger partial charge in [-0.05, 0) is 25.8 Å². The summed E-state index contributed by atoms with van der Waals surface area (Å²) < 4.78 is 5.28. The highest BCUT2D eigenvalue weighted by Gasteiger charge is 2.28. The molecule has 94 valence electrons. The fourth-order valence-electron chi connectivity index (χ4n) is 1.93. The van der Waals surface area contributed by atoms with Crippen molar-refractivity contribution in [1.82, 2.24) is 15.3 Å². The molecule has 0 aromatic carbocycles. The van der Waals surface area contributed by atoms with E-state index in [4.69, 9.17) is 4.74 Å². The molecule has 1 aliphatic carbocycles. The Labute approximate surface area is 103 Å². The van der Waals surface area contributed by atoms with E-state index >= 15 is 0 Å². The van der Waals surface area contributed by atoms with Crippen molar-refractivity contribution in [3.8, 4) is 5.88 Å². The number of nitrogens with zero attached hydrogens (tertiary/aromatic N) is 2. The molecule has 1 aromatic rings. The van der Waals surface area contributed by atoms with Gasteiger partial charge in [0.05, 0.1) is 7.11 Å². The molecule has 4 nitrogen and oxygen atoms in total. The van der Waals surface area contributed by atoms with E-state index in [0.717, 1.165) is 24.7 Å². The van der Waals surface area contributed by atoms with Crippen LogP contribution in [-0.2, 0) is 5.41 Å². The molecule has 4 heteroatoms. The van der Waals surface area contributed by atoms with Crippen LogP contribution >= 0.6 is 0 Å². The first-order chi connectivity index (χ1) is 8.13. The van der Waals surface area contributed by atoms with Gasteiger partial charge in [-0.1, -0.05) is 13.8 Å². The van der Waals surface area contributed by atoms with Crippen molar-refractivity contribution < 1.29 is 4.74 Å². The standard InChI is InChI=1S/C13H21N3O/c1-13(2,6-7-14-10-4-5-10)11-12(17-3)16-9-8-15-11/h8-10,14H,4-7H2,1-3H3. The Kier molecular flexibility index (Phi) is 3.62. The zero-order valence-electron chi connectivity index (χ0n) is 10.9. The molecule has 0 spiro atoms. The quantitative estimate of drug-likeness (QED) is 0.818. The Hall–Kier alpha value is -1.16. The fourth-order valence-corrected chi connectivity index (χ4v) is 1.93. The second-order valence-electron chi connectivity index (χ2n) is 5.28. The molecule has 0 unspecified atom stereocenters. The van der Waals surface area contributed by atoms with Gasteiger partial charge in [0.25, 0.3) is 0 Å². The average molecular weight is 235 g/mol. The van der Waals surface area contributed by atoms with Crippen molar-refractivity contribution in [2.75, 3.05) is 13.7 Å². The summed E-state index contributed by atoms with van der Waals surface area (Å²) in [6.45, 7) is 5.40. The Bertz CT molecular complexity index is 375. The predicted octanol–water partition coefficient (Wildman–Crippen LogP) is 1.90. The first-order valence-corrected chi connectivity index (χ1v) is 6.22. The lowest BCUT2D eigenvalue weighted by atomic mass is 9.85. The average Bonchev–Trinajstić information content (AvgIpc) is 3.13. The van der Waals surface area contributed by atoms with E-state index in [1.54, 1.807) is 19.5 Å². The van der Waals surface area contributed by atoms with E-state index in [0.29, 0.717) is 5.88 Å². The van der Waals surface area contributed by atoms with E-state index in [2.05, 4.69) is 29.1 Å². The van der Waals surface area contributed by atoms with Crippen molar-refractivity contribution in [1.29, 1.82) is 0 Å². The monoisotopic (exact) mass is 235 g/mol. The summed E-state index contributed by atoms with van der Waals surface area (Å²) in [4.78, 5) is 8.63. The smallest absolute Gasteiger partial charge is 0.235 e. The van der Waals surface area contributed by atoms with Crippen molar-refractivity contribution in [2.24, 2.45) is 0 Å². The molecule has 1 N–H and O–H groups in total. The van der Waals surface area contributed by atoms with Gasteiger partial charge in [-0.15, -0.1) is 0 Å². The van der Waals surface area contributed by atoms with Crippen LogP contribution in [0.5, 0.6) is 5.88 Å². The molecule has 1 aromatic heterocycles. The van der Waals surface area contributed by atoms with Crippen LogP contribution in [0, 0.1) is 0 Å². The van der Waals surface area contributed by atoms with Gasteiger partial charge in [-0.2, -0.15) is 0 Å². The first kappa shape index (κ1) is 12.3. The molecule has 0 aliphatic heterocycles. The van der Waals surface area contributed by atoms with Crippen LogP contribution in [0.15, 0.2) is 12.4 Å². The lowest BCUT2D eigenvalue weighted by molar-refractivity contribution is 0.360. The molecule has 2 rings (SSSR count). The third-order valence-electron chi connectivity index (χ3n) is 3.26. The van der Waals surface area contributed by atoms with Crippen molar-refractivity contribution >= 4 is 0 Å². The number of aromatic nitrogens is 2. The molecule has 1 heterocycles. The maximum Gasteiger partial charge on any atom is 0.235 e. The molecule has 0 atom stereocenters. The summed E-state index contributed by atoms with van der Waals surface area (Å²) in [7, 11) is 1.64. The summed E-state index contributed by atoms with van der Waals surface area (Å²) in [6.07, 6.45) is 7.09. The van der Waals surface area contributed by atoms with Crippen LogP contribution in [0.3, 0.4) is 0 Å². The highest BCUT2D eigenvalue weighted by Crippen LogP contribution is 2.30. The van der Waals surface area contributed by atoms with Gasteiger partial charge < -0.3 is 10.1 Å². The van der Waals surface area contributed by atoms with Crippen LogP contribution in [0.1, 0.15) is 38.8 Å². The molecule has 0 amide bonds. The Morgan fingerprint density at radius 2 is 2.06 bits per heavy atom. The van der Waals surface area contributed by atoms with E-state index in [1.165, 1.54) is 12.8 Å². The van der Waals surface area contributed by atoms with Gasteiger partial charge in [0.15, 0.2) is 0 Å². The van der Waals surface area contributed by atoms with Crippen molar-refractivity contribution in [3.63, 3.8) is 0 Å². The maximum absolute atomic E-state index is 5.28. The molecule has 0 saturated heterocycles. The maximum atomic E-state index is 5.28. The van der Waals surface area contributed by atoms with Gasteiger partial charge >= 0.3 is 0 Å². The molecule has 0 radical (unpaired) electrons. The predicted molar refractivity (Wildman–Crippen MR) is 67.3 cm³/mol. The second-order valence-corrected chi connectivity index (χ2v) is 5.28. The van der Waals surface area contributed by atoms with Crippen molar-refractivity contribution in [3.05, 3.63) is 18.1 Å². The van der Waals surface area contributed by atoms with E-state index < -0.39 is 0 Å². The molecule has 1 saturated carbocycles. The third kappa shape index (κ3) is 3.16. The van der Waals surface area contributed by atoms with Gasteiger partial charge in [-0.3, -0.25) is 4.98 Å². The number of rotatable bonds is 6. The number of methoxy groups -OCH3 is 1. The minimum absolute atomic E-state index is 0.0124. The van der Waals surface area contributed by atoms with E-state index in [9.17, 15) is 0 Å². The Balaban J connectivity index is 2.00. The normalized spacial score (nSPS) is 15.9. The summed E-state index contributed by atoms with van der Waals surface area (Å²) >= 11 is 0. The summed E-state index contributed by atoms with van der Waals surface area (Å²) in [6, 6.07) is 0.759. The van der Waals surface area contributed by atoms with Gasteiger partial charge in [0, 0.05) is 23.9 Å². The summed E-state index contributed by atoms with van der Waals surface area (Å²) in [5.41, 5.74) is 0.932. The van der Waals surface area contributed by atoms with E-state index in [-0.39, 0.29) is 5.41 Å². The topological polar surface area (TPSA) is 47.0 Å². The molecule has 1 fully saturated rings. The largest absolute Gasteiger partial charge is 0.480 e. The van der Waals surface area contributed by atoms with Gasteiger partial charge in [0.1, 0.15) is 5.69 Å². The molecule has 17 heavy (non-hydrogen) atoms. The Morgan fingerprint density at radius 1 is 1.35 bits per heavy atom. The first-order valence-electron chi connectivity index (χ1n) is 6.22. The Morgan fingerprint density at radius 3 is 2.71 bits per heavy atom. The minimum Gasteiger partial charge on any atom is -0.480 e. The third-order valence-corrected chi connectivity index (χ3v) is 3.26. The SMILES string of the molecule is COc1nccnc1C(C)(C)CCNC1CC1. The summed E-state index contributed by atoms with van der Waals surface area (Å²) in [5, 5.41) is 3.53. The lowest BCUT2D eigenvalue weighted by Crippen LogP contribution is -2.28. The zero-order valence-corrected chi connectivity index (χ0v) is 10.9. The van der Waals surface area contributed by atoms with Crippen LogP contribution in [0.2, 0.25) is 0 Å². The van der Waals surface area contributed by atoms with Crippen LogP contribution in [0.25, 0.3) is 0 Å². The number of hydrogen-bond donors (Lipinski definition) is 1. The van der Waals surface area contributed by atoms with Crippen molar-refractivity contribution in [2.45, 2.75) is 44.6 Å². The van der Waals surface area contributed by atoms with Gasteiger partial charge in [-0.25, -0.2) is 4.98 Å². The number of hydrogen-bond acceptors (Lipinski definition) is 4. The highest BCUT2D eigenvalue weighted by molar-refractivity contribution is 5.25. The molecule has 1 aliphatic rings. The van der Waals surface area contributed by atoms with Crippen LogP contribution in [0.4, 0.5) is 0 Å². The zero-order chi connectivity index (χ0) is 12.3. The summed E-state index contributed by atoms with van der Waals surface area (Å²) in [5.74, 6) is 0.643. The highest BCUT2D eigenvalue weighted by atomic mass is 16.5. The fraction of sp³-hybridized carbons (Fsp3) is 0.692. The van der Waals surface area contributed by atoms with E-state index in [1.807, 2.05) is 0 Å². The van der Waals surface area contributed by atoms with Gasteiger partial charge in [0.2, 0.25) is 5.88 Å². The van der Waals surface area contributed by atoms with Crippen LogP contribution in [-0.4, -0.2) is 29.7 Å². The lowest BCUT2D eigenvalue weighted by Gasteiger charge is -2.25. The molecular formula is C13H21N3O. The number of nitrogens with one attached hydrogen (secondary N) is 1.